The predicted molar refractivity (Wildman–Crippen MR) is 136 cm³/mol. The van der Waals surface area contributed by atoms with E-state index in [0.717, 1.165) is 30.3 Å². The number of non-ortho nitro benzene ring substituents is 1. The number of benzene rings is 3. The van der Waals surface area contributed by atoms with Crippen molar-refractivity contribution < 1.29 is 38.1 Å². The molecule has 0 aromatic heterocycles. The highest BCUT2D eigenvalue weighted by molar-refractivity contribution is 9.10. The van der Waals surface area contributed by atoms with Gasteiger partial charge < -0.3 is 9.47 Å². The quantitative estimate of drug-likeness (QED) is 0.172. The third-order valence-electron chi connectivity index (χ3n) is 5.31. The minimum atomic E-state index is -1.01. The summed E-state index contributed by atoms with van der Waals surface area (Å²) in [7, 11) is 1.27. The molecule has 1 N–H and O–H groups in total. The van der Waals surface area contributed by atoms with E-state index < -0.39 is 50.5 Å². The van der Waals surface area contributed by atoms with Crippen molar-refractivity contribution in [2.45, 2.75) is 0 Å². The summed E-state index contributed by atoms with van der Waals surface area (Å²) < 4.78 is 24.5. The van der Waals surface area contributed by atoms with Crippen LogP contribution in [0.1, 0.15) is 5.56 Å². The van der Waals surface area contributed by atoms with Crippen molar-refractivity contribution in [3.05, 3.63) is 96.3 Å². The molecule has 39 heavy (non-hydrogen) atoms. The summed E-state index contributed by atoms with van der Waals surface area (Å²) in [6.45, 7) is 0. The molecule has 0 unspecified atom stereocenters. The maximum Gasteiger partial charge on any atom is 0.335 e. The number of ether oxygens (including phenoxy) is 2. The lowest BCUT2D eigenvalue weighted by atomic mass is 10.1. The number of rotatable bonds is 7. The smallest absolute Gasteiger partial charge is 0.335 e. The molecule has 0 bridgehead atoms. The first-order valence-corrected chi connectivity index (χ1v) is 11.4. The Balaban J connectivity index is 1.71. The number of urea groups is 1. The molecular formula is C24H14BrFN4O9. The van der Waals surface area contributed by atoms with Crippen molar-refractivity contribution in [3.63, 3.8) is 0 Å². The average Bonchev–Trinajstić information content (AvgIpc) is 2.88. The summed E-state index contributed by atoms with van der Waals surface area (Å²) in [6.07, 6.45) is 1.17. The Morgan fingerprint density at radius 2 is 1.67 bits per heavy atom. The topological polar surface area (TPSA) is 171 Å². The van der Waals surface area contributed by atoms with Crippen LogP contribution in [-0.2, 0) is 9.59 Å². The number of barbiturate groups is 1. The van der Waals surface area contributed by atoms with E-state index in [1.54, 1.807) is 0 Å². The second-order valence-corrected chi connectivity index (χ2v) is 8.59. The maximum atomic E-state index is 13.3. The average molecular weight is 601 g/mol. The maximum absolute atomic E-state index is 13.3. The number of carbonyl (C=O) groups excluding carboxylic acids is 3. The zero-order valence-electron chi connectivity index (χ0n) is 19.5. The molecule has 0 spiro atoms. The molecule has 1 aliphatic heterocycles. The molecule has 1 aliphatic rings. The number of hydrogen-bond donors (Lipinski definition) is 1. The summed E-state index contributed by atoms with van der Waals surface area (Å²) in [6, 6.07) is 9.07. The van der Waals surface area contributed by atoms with Gasteiger partial charge in [-0.1, -0.05) is 0 Å². The largest absolute Gasteiger partial charge is 0.493 e. The van der Waals surface area contributed by atoms with E-state index in [1.165, 1.54) is 37.5 Å². The zero-order chi connectivity index (χ0) is 28.4. The first-order chi connectivity index (χ1) is 18.5. The van der Waals surface area contributed by atoms with Gasteiger partial charge in [0.1, 0.15) is 11.4 Å². The first kappa shape index (κ1) is 26.9. The van der Waals surface area contributed by atoms with Gasteiger partial charge in [0.2, 0.25) is 5.75 Å². The number of nitro groups is 2. The van der Waals surface area contributed by atoms with Crippen LogP contribution in [0.3, 0.4) is 0 Å². The number of anilines is 1. The van der Waals surface area contributed by atoms with E-state index in [2.05, 4.69) is 15.9 Å². The molecule has 3 aromatic carbocycles. The summed E-state index contributed by atoms with van der Waals surface area (Å²) in [5.41, 5.74) is -1.33. The number of imide groups is 2. The summed E-state index contributed by atoms with van der Waals surface area (Å²) >= 11 is 3.26. The molecule has 15 heteroatoms. The number of methoxy groups -OCH3 is 1. The van der Waals surface area contributed by atoms with E-state index in [0.29, 0.717) is 4.90 Å². The Labute approximate surface area is 225 Å². The number of halogens is 2. The highest BCUT2D eigenvalue weighted by Crippen LogP contribution is 2.43. The van der Waals surface area contributed by atoms with Gasteiger partial charge in [0.15, 0.2) is 11.5 Å². The first-order valence-electron chi connectivity index (χ1n) is 10.7. The zero-order valence-corrected chi connectivity index (χ0v) is 21.1. The molecule has 13 nitrogen and oxygen atoms in total. The SMILES string of the molecule is COc1cc(/C=C2\C(=O)NC(=O)N(c3ccc(F)cc3)C2=O)cc(Br)c1Oc1ccc([N+](=O)[O-])cc1[N+](=O)[O-]. The fourth-order valence-electron chi connectivity index (χ4n) is 3.53. The van der Waals surface area contributed by atoms with Gasteiger partial charge >= 0.3 is 11.7 Å². The van der Waals surface area contributed by atoms with Crippen LogP contribution in [0.15, 0.2) is 64.6 Å². The molecule has 0 atom stereocenters. The Morgan fingerprint density at radius 3 is 2.28 bits per heavy atom. The lowest BCUT2D eigenvalue weighted by molar-refractivity contribution is -0.394. The molecule has 1 saturated heterocycles. The van der Waals surface area contributed by atoms with Crippen LogP contribution in [0.2, 0.25) is 0 Å². The van der Waals surface area contributed by atoms with Crippen molar-refractivity contribution in [1.82, 2.24) is 5.32 Å². The van der Waals surface area contributed by atoms with E-state index >= 15 is 0 Å². The lowest BCUT2D eigenvalue weighted by Crippen LogP contribution is -2.54. The molecule has 0 radical (unpaired) electrons. The summed E-state index contributed by atoms with van der Waals surface area (Å²) in [5, 5.41) is 24.5. The predicted octanol–water partition coefficient (Wildman–Crippen LogP) is 4.87. The molecule has 1 fully saturated rings. The molecule has 198 valence electrons. The summed E-state index contributed by atoms with van der Waals surface area (Å²) in [5.74, 6) is -2.87. The van der Waals surface area contributed by atoms with E-state index in [9.17, 15) is 39.0 Å². The van der Waals surface area contributed by atoms with E-state index in [1.807, 2.05) is 5.32 Å². The molecular weight excluding hydrogens is 587 g/mol. The Morgan fingerprint density at radius 1 is 0.974 bits per heavy atom. The molecule has 0 saturated carbocycles. The van der Waals surface area contributed by atoms with Crippen molar-refractivity contribution in [2.75, 3.05) is 12.0 Å². The van der Waals surface area contributed by atoms with Crippen LogP contribution in [0.25, 0.3) is 6.08 Å². The van der Waals surface area contributed by atoms with Gasteiger partial charge in [0.25, 0.3) is 17.5 Å². The molecule has 4 amide bonds. The lowest BCUT2D eigenvalue weighted by Gasteiger charge is -2.26. The van der Waals surface area contributed by atoms with Gasteiger partial charge in [-0.2, -0.15) is 0 Å². The third-order valence-corrected chi connectivity index (χ3v) is 5.90. The molecule has 3 aromatic rings. The van der Waals surface area contributed by atoms with Crippen molar-refractivity contribution in [1.29, 1.82) is 0 Å². The number of nitrogens with one attached hydrogen (secondary N) is 1. The van der Waals surface area contributed by atoms with Crippen LogP contribution in [0.5, 0.6) is 17.2 Å². The molecule has 4 rings (SSSR count). The number of nitro benzene ring substituents is 2. The fraction of sp³-hybridized carbons (Fsp3) is 0.0417. The van der Waals surface area contributed by atoms with Crippen molar-refractivity contribution in [2.24, 2.45) is 0 Å². The van der Waals surface area contributed by atoms with Gasteiger partial charge in [0, 0.05) is 6.07 Å². The van der Waals surface area contributed by atoms with Gasteiger partial charge in [-0.05, 0) is 70.0 Å². The standard InChI is InChI=1S/C24H14BrFN4O9/c1-38-20-10-12(8-16-22(31)27-24(33)28(23(16)32)14-4-2-13(26)3-5-14)9-17(25)21(20)39-19-7-6-15(29(34)35)11-18(19)30(36)37/h2-11H,1H3,(H,27,31,33)/b16-8+. The highest BCUT2D eigenvalue weighted by atomic mass is 79.9. The Kier molecular flexibility index (Phi) is 7.35. The molecule has 0 aliphatic carbocycles. The van der Waals surface area contributed by atoms with Crippen LogP contribution in [0, 0.1) is 26.0 Å². The van der Waals surface area contributed by atoms with Gasteiger partial charge in [-0.3, -0.25) is 35.1 Å². The fourth-order valence-corrected chi connectivity index (χ4v) is 4.07. The van der Waals surface area contributed by atoms with E-state index in [-0.39, 0.29) is 33.0 Å². The second kappa shape index (κ2) is 10.7. The minimum Gasteiger partial charge on any atom is -0.493 e. The second-order valence-electron chi connectivity index (χ2n) is 7.74. The monoisotopic (exact) mass is 600 g/mol. The van der Waals surface area contributed by atoms with Crippen molar-refractivity contribution in [3.8, 4) is 17.2 Å². The van der Waals surface area contributed by atoms with Gasteiger partial charge in [-0.25, -0.2) is 14.1 Å². The van der Waals surface area contributed by atoms with Crippen LogP contribution in [0.4, 0.5) is 26.2 Å². The number of hydrogen-bond acceptors (Lipinski definition) is 9. The van der Waals surface area contributed by atoms with E-state index in [4.69, 9.17) is 9.47 Å². The van der Waals surface area contributed by atoms with Crippen molar-refractivity contribution >= 4 is 56.9 Å². The van der Waals surface area contributed by atoms with Crippen LogP contribution in [-0.4, -0.2) is 34.8 Å². The van der Waals surface area contributed by atoms with Gasteiger partial charge in [0.05, 0.1) is 33.2 Å². The minimum absolute atomic E-state index is 0.0130. The highest BCUT2D eigenvalue weighted by Gasteiger charge is 2.37. The Hall–Kier alpha value is -5.18. The third kappa shape index (κ3) is 5.42. The number of amides is 4. The van der Waals surface area contributed by atoms with Gasteiger partial charge in [-0.15, -0.1) is 0 Å². The normalized spacial score (nSPS) is 14.3. The van der Waals surface area contributed by atoms with Crippen LogP contribution >= 0.6 is 15.9 Å². The van der Waals surface area contributed by atoms with Crippen LogP contribution < -0.4 is 19.7 Å². The number of nitrogens with zero attached hydrogens (tertiary/aromatic N) is 3. The Bertz CT molecular complexity index is 1590. The summed E-state index contributed by atoms with van der Waals surface area (Å²) in [4.78, 5) is 59.4. The molecule has 1 heterocycles. The number of carbonyl (C=O) groups is 3.